The monoisotopic (exact) mass is 283 g/mol. The van der Waals surface area contributed by atoms with Crippen LogP contribution in [0.1, 0.15) is 29.3 Å². The van der Waals surface area contributed by atoms with Crippen molar-refractivity contribution >= 4 is 17.5 Å². The van der Waals surface area contributed by atoms with E-state index in [1.807, 2.05) is 19.1 Å². The molecular formula is C16H14FN3O. The van der Waals surface area contributed by atoms with Crippen LogP contribution in [-0.2, 0) is 0 Å². The number of rotatable bonds is 2. The predicted molar refractivity (Wildman–Crippen MR) is 79.2 cm³/mol. The molecule has 0 saturated heterocycles. The molecular weight excluding hydrogens is 269 g/mol. The first-order chi connectivity index (χ1) is 10.1. The number of allylic oxidation sites excluding steroid dienone is 3. The van der Waals surface area contributed by atoms with Crippen molar-refractivity contribution in [2.45, 2.75) is 20.3 Å². The molecule has 0 fully saturated rings. The van der Waals surface area contributed by atoms with Gasteiger partial charge in [-0.3, -0.25) is 4.99 Å². The van der Waals surface area contributed by atoms with Gasteiger partial charge in [0.15, 0.2) is 0 Å². The van der Waals surface area contributed by atoms with Gasteiger partial charge in [0.05, 0.1) is 0 Å². The van der Waals surface area contributed by atoms with Crippen molar-refractivity contribution in [2.24, 2.45) is 4.99 Å². The van der Waals surface area contributed by atoms with Crippen LogP contribution >= 0.6 is 0 Å². The third-order valence-corrected chi connectivity index (χ3v) is 3.26. The minimum atomic E-state index is -0.225. The van der Waals surface area contributed by atoms with Gasteiger partial charge in [0, 0.05) is 19.6 Å². The molecule has 1 aromatic heterocycles. The SMILES string of the molecule is Cc1nnc(C2=CC=C(c3ccc(F)cc3C)CC=N2)o1. The molecule has 0 radical (unpaired) electrons. The van der Waals surface area contributed by atoms with Gasteiger partial charge in [0.2, 0.25) is 5.89 Å². The van der Waals surface area contributed by atoms with E-state index in [1.54, 1.807) is 19.2 Å². The van der Waals surface area contributed by atoms with Crippen LogP contribution in [0.15, 0.2) is 39.8 Å². The smallest absolute Gasteiger partial charge is 0.266 e. The van der Waals surface area contributed by atoms with E-state index in [9.17, 15) is 4.39 Å². The Hall–Kier alpha value is -2.56. The molecule has 21 heavy (non-hydrogen) atoms. The molecule has 0 spiro atoms. The molecule has 1 aliphatic rings. The Morgan fingerprint density at radius 2 is 2.00 bits per heavy atom. The largest absolute Gasteiger partial charge is 0.420 e. The first-order valence-corrected chi connectivity index (χ1v) is 6.64. The van der Waals surface area contributed by atoms with Gasteiger partial charge in [-0.15, -0.1) is 10.2 Å². The molecule has 0 saturated carbocycles. The maximum absolute atomic E-state index is 13.2. The van der Waals surface area contributed by atoms with E-state index in [0.29, 0.717) is 23.9 Å². The summed E-state index contributed by atoms with van der Waals surface area (Å²) < 4.78 is 18.6. The van der Waals surface area contributed by atoms with Crippen LogP contribution in [0, 0.1) is 19.7 Å². The third kappa shape index (κ3) is 2.81. The Morgan fingerprint density at radius 3 is 2.71 bits per heavy atom. The van der Waals surface area contributed by atoms with E-state index >= 15 is 0 Å². The fraction of sp³-hybridized carbons (Fsp3) is 0.188. The normalized spacial score (nSPS) is 14.6. The van der Waals surface area contributed by atoms with Crippen molar-refractivity contribution in [3.63, 3.8) is 0 Å². The van der Waals surface area contributed by atoms with Gasteiger partial charge in [-0.2, -0.15) is 0 Å². The maximum atomic E-state index is 13.2. The molecule has 2 heterocycles. The van der Waals surface area contributed by atoms with E-state index < -0.39 is 0 Å². The lowest BCUT2D eigenvalue weighted by Gasteiger charge is -2.07. The topological polar surface area (TPSA) is 51.3 Å². The van der Waals surface area contributed by atoms with Crippen LogP contribution in [0.3, 0.4) is 0 Å². The summed E-state index contributed by atoms with van der Waals surface area (Å²) in [4.78, 5) is 4.34. The zero-order chi connectivity index (χ0) is 14.8. The highest BCUT2D eigenvalue weighted by Gasteiger charge is 2.11. The second-order valence-corrected chi connectivity index (χ2v) is 4.85. The first kappa shape index (κ1) is 13.4. The van der Waals surface area contributed by atoms with Crippen molar-refractivity contribution in [1.29, 1.82) is 0 Å². The molecule has 4 nitrogen and oxygen atoms in total. The van der Waals surface area contributed by atoms with Crippen LogP contribution in [0.25, 0.3) is 11.3 Å². The highest BCUT2D eigenvalue weighted by molar-refractivity contribution is 5.87. The second kappa shape index (κ2) is 5.44. The summed E-state index contributed by atoms with van der Waals surface area (Å²) in [6.07, 6.45) is 6.27. The van der Waals surface area contributed by atoms with E-state index in [2.05, 4.69) is 15.2 Å². The van der Waals surface area contributed by atoms with Crippen LogP contribution in [0.2, 0.25) is 0 Å². The lowest BCUT2D eigenvalue weighted by molar-refractivity contribution is 0.505. The van der Waals surface area contributed by atoms with Crippen LogP contribution in [0.4, 0.5) is 4.39 Å². The minimum Gasteiger partial charge on any atom is -0.420 e. The van der Waals surface area contributed by atoms with Crippen molar-refractivity contribution in [3.05, 3.63) is 59.1 Å². The molecule has 0 bridgehead atoms. The third-order valence-electron chi connectivity index (χ3n) is 3.26. The summed E-state index contributed by atoms with van der Waals surface area (Å²) in [5.74, 6) is 0.678. The van der Waals surface area contributed by atoms with E-state index in [0.717, 1.165) is 16.7 Å². The van der Waals surface area contributed by atoms with Crippen molar-refractivity contribution in [3.8, 4) is 0 Å². The van der Waals surface area contributed by atoms with Crippen molar-refractivity contribution < 1.29 is 8.81 Å². The van der Waals surface area contributed by atoms with Gasteiger partial charge in [-0.25, -0.2) is 4.39 Å². The summed E-state index contributed by atoms with van der Waals surface area (Å²) in [5.41, 5.74) is 3.62. The molecule has 0 aliphatic carbocycles. The van der Waals surface area contributed by atoms with Gasteiger partial charge < -0.3 is 4.42 Å². The summed E-state index contributed by atoms with van der Waals surface area (Å²) >= 11 is 0. The number of hydrogen-bond donors (Lipinski definition) is 0. The standard InChI is InChI=1S/C16H14FN3O/c1-10-9-13(17)4-5-14(10)12-3-6-15(18-8-7-12)16-20-19-11(2)21-16/h3-6,8-9H,7H2,1-2H3. The molecule has 0 N–H and O–H groups in total. The number of aryl methyl sites for hydroxylation is 2. The Morgan fingerprint density at radius 1 is 1.14 bits per heavy atom. The molecule has 106 valence electrons. The number of halogens is 1. The fourth-order valence-corrected chi connectivity index (χ4v) is 2.25. The molecule has 1 aliphatic heterocycles. The highest BCUT2D eigenvalue weighted by Crippen LogP contribution is 2.26. The summed E-state index contributed by atoms with van der Waals surface area (Å²) in [5, 5.41) is 7.76. The molecule has 1 aromatic carbocycles. The Balaban J connectivity index is 1.97. The van der Waals surface area contributed by atoms with Gasteiger partial charge in [-0.05, 0) is 41.8 Å². The Bertz CT molecular complexity index is 772. The minimum absolute atomic E-state index is 0.225. The average molecular weight is 283 g/mol. The predicted octanol–water partition coefficient (Wildman–Crippen LogP) is 3.72. The van der Waals surface area contributed by atoms with E-state index in [1.165, 1.54) is 12.1 Å². The fourth-order valence-electron chi connectivity index (χ4n) is 2.25. The lowest BCUT2D eigenvalue weighted by Crippen LogP contribution is -1.90. The molecule has 0 unspecified atom stereocenters. The van der Waals surface area contributed by atoms with E-state index in [-0.39, 0.29) is 5.82 Å². The summed E-state index contributed by atoms with van der Waals surface area (Å²) in [6.45, 7) is 3.63. The Kier molecular flexibility index (Phi) is 3.48. The van der Waals surface area contributed by atoms with Crippen molar-refractivity contribution in [1.82, 2.24) is 10.2 Å². The number of nitrogens with zero attached hydrogens (tertiary/aromatic N) is 3. The molecule has 0 amide bonds. The number of benzene rings is 1. The van der Waals surface area contributed by atoms with Crippen molar-refractivity contribution in [2.75, 3.05) is 0 Å². The zero-order valence-electron chi connectivity index (χ0n) is 11.8. The number of aliphatic imine (C=N–C) groups is 1. The second-order valence-electron chi connectivity index (χ2n) is 4.85. The van der Waals surface area contributed by atoms with Crippen LogP contribution < -0.4 is 0 Å². The molecule has 3 rings (SSSR count). The first-order valence-electron chi connectivity index (χ1n) is 6.64. The maximum Gasteiger partial charge on any atom is 0.266 e. The van der Waals surface area contributed by atoms with Gasteiger partial charge in [0.25, 0.3) is 5.89 Å². The molecule has 0 atom stereocenters. The van der Waals surface area contributed by atoms with Gasteiger partial charge in [0.1, 0.15) is 11.5 Å². The quantitative estimate of drug-likeness (QED) is 0.844. The van der Waals surface area contributed by atoms with Crippen LogP contribution in [-0.4, -0.2) is 16.4 Å². The number of aromatic nitrogens is 2. The highest BCUT2D eigenvalue weighted by atomic mass is 19.1. The Labute approximate surface area is 121 Å². The molecule has 5 heteroatoms. The van der Waals surface area contributed by atoms with Crippen LogP contribution in [0.5, 0.6) is 0 Å². The summed E-state index contributed by atoms with van der Waals surface area (Å²) in [7, 11) is 0. The number of hydrogen-bond acceptors (Lipinski definition) is 4. The lowest BCUT2D eigenvalue weighted by atomic mass is 9.98. The van der Waals surface area contributed by atoms with Gasteiger partial charge >= 0.3 is 0 Å². The molecule has 2 aromatic rings. The van der Waals surface area contributed by atoms with Gasteiger partial charge in [-0.1, -0.05) is 12.1 Å². The van der Waals surface area contributed by atoms with E-state index in [4.69, 9.17) is 4.42 Å². The zero-order valence-corrected chi connectivity index (χ0v) is 11.8. The summed E-state index contributed by atoms with van der Waals surface area (Å²) in [6, 6.07) is 4.79. The average Bonchev–Trinajstić information content (AvgIpc) is 2.73.